The van der Waals surface area contributed by atoms with Crippen molar-refractivity contribution in [2.24, 2.45) is 0 Å². The summed E-state index contributed by atoms with van der Waals surface area (Å²) in [4.78, 5) is 34.5. The molecule has 0 radical (unpaired) electrons. The Morgan fingerprint density at radius 3 is 2.62 bits per heavy atom. The summed E-state index contributed by atoms with van der Waals surface area (Å²) in [6.45, 7) is 5.01. The van der Waals surface area contributed by atoms with E-state index in [0.29, 0.717) is 18.7 Å². The minimum atomic E-state index is -0.0642. The summed E-state index contributed by atoms with van der Waals surface area (Å²) >= 11 is 0. The van der Waals surface area contributed by atoms with Gasteiger partial charge in [0.2, 0.25) is 12.7 Å². The molecular formula is C26H30N4O4. The molecule has 4 heterocycles. The van der Waals surface area contributed by atoms with Crippen molar-refractivity contribution >= 4 is 23.2 Å². The number of amides is 2. The van der Waals surface area contributed by atoms with Crippen molar-refractivity contribution in [2.75, 3.05) is 56.4 Å². The van der Waals surface area contributed by atoms with Crippen molar-refractivity contribution in [1.82, 2.24) is 9.80 Å². The third kappa shape index (κ3) is 3.66. The summed E-state index contributed by atoms with van der Waals surface area (Å²) in [5.41, 5.74) is 3.74. The van der Waals surface area contributed by atoms with Crippen LogP contribution in [0, 0.1) is 0 Å². The van der Waals surface area contributed by atoms with Gasteiger partial charge in [-0.1, -0.05) is 6.07 Å². The van der Waals surface area contributed by atoms with Crippen LogP contribution in [-0.4, -0.2) is 74.2 Å². The Morgan fingerprint density at radius 2 is 1.76 bits per heavy atom. The first-order valence-electron chi connectivity index (χ1n) is 12.2. The Labute approximate surface area is 199 Å². The van der Waals surface area contributed by atoms with Gasteiger partial charge >= 0.3 is 0 Å². The molecule has 0 aliphatic carbocycles. The van der Waals surface area contributed by atoms with Crippen LogP contribution in [0.2, 0.25) is 0 Å². The number of carbonyl (C=O) groups excluding carboxylic acids is 2. The Kier molecular flexibility index (Phi) is 5.32. The zero-order valence-electron chi connectivity index (χ0n) is 19.5. The van der Waals surface area contributed by atoms with E-state index in [0.717, 1.165) is 68.3 Å². The molecule has 178 valence electrons. The molecule has 4 aliphatic rings. The van der Waals surface area contributed by atoms with Gasteiger partial charge in [-0.05, 0) is 55.2 Å². The summed E-state index contributed by atoms with van der Waals surface area (Å²) in [5, 5.41) is 0. The second-order valence-electron chi connectivity index (χ2n) is 9.56. The van der Waals surface area contributed by atoms with E-state index in [9.17, 15) is 9.59 Å². The molecule has 8 heteroatoms. The van der Waals surface area contributed by atoms with E-state index in [-0.39, 0.29) is 24.6 Å². The number of piperazine rings is 1. The molecule has 1 atom stereocenters. The summed E-state index contributed by atoms with van der Waals surface area (Å²) in [5.74, 6) is 1.77. The number of fused-ring (bicyclic) bond motifs is 4. The van der Waals surface area contributed by atoms with E-state index in [1.54, 1.807) is 4.90 Å². The van der Waals surface area contributed by atoms with Crippen LogP contribution in [0.4, 0.5) is 11.4 Å². The number of anilines is 2. The molecule has 2 amide bonds. The number of rotatable bonds is 3. The summed E-state index contributed by atoms with van der Waals surface area (Å²) in [6.07, 6.45) is 3.09. The zero-order chi connectivity index (χ0) is 23.2. The Bertz CT molecular complexity index is 1130. The second-order valence-corrected chi connectivity index (χ2v) is 9.56. The monoisotopic (exact) mass is 462 g/mol. The lowest BCUT2D eigenvalue weighted by atomic mass is 9.95. The number of carbonyl (C=O) groups is 2. The Balaban J connectivity index is 1.12. The van der Waals surface area contributed by atoms with Crippen molar-refractivity contribution in [1.29, 1.82) is 0 Å². The summed E-state index contributed by atoms with van der Waals surface area (Å²) in [7, 11) is 1.83. The SMILES string of the molecule is CN1C(=O)[C@@H]2CCCCN2c2ccc(C(=O)N3CCN(Cc4ccc5c(c4)OCO5)CC3)cc21. The van der Waals surface area contributed by atoms with Crippen LogP contribution < -0.4 is 19.3 Å². The van der Waals surface area contributed by atoms with Crippen LogP contribution in [-0.2, 0) is 11.3 Å². The van der Waals surface area contributed by atoms with Gasteiger partial charge in [0.05, 0.1) is 11.4 Å². The van der Waals surface area contributed by atoms with Gasteiger partial charge in [-0.2, -0.15) is 0 Å². The molecule has 0 spiro atoms. The summed E-state index contributed by atoms with van der Waals surface area (Å²) in [6, 6.07) is 11.9. The van der Waals surface area contributed by atoms with Crippen LogP contribution in [0.5, 0.6) is 11.5 Å². The molecule has 0 unspecified atom stereocenters. The van der Waals surface area contributed by atoms with Gasteiger partial charge in [-0.3, -0.25) is 14.5 Å². The number of nitrogens with zero attached hydrogens (tertiary/aromatic N) is 4. The van der Waals surface area contributed by atoms with Gasteiger partial charge in [-0.15, -0.1) is 0 Å². The van der Waals surface area contributed by atoms with Gasteiger partial charge in [0.15, 0.2) is 11.5 Å². The van der Waals surface area contributed by atoms with Gasteiger partial charge in [0.25, 0.3) is 5.91 Å². The largest absolute Gasteiger partial charge is 0.454 e. The Hall–Kier alpha value is -3.26. The van der Waals surface area contributed by atoms with Crippen molar-refractivity contribution in [3.63, 3.8) is 0 Å². The first-order valence-corrected chi connectivity index (χ1v) is 12.2. The smallest absolute Gasteiger partial charge is 0.254 e. The minimum Gasteiger partial charge on any atom is -0.454 e. The predicted molar refractivity (Wildman–Crippen MR) is 129 cm³/mol. The lowest BCUT2D eigenvalue weighted by Gasteiger charge is -2.44. The van der Waals surface area contributed by atoms with Crippen molar-refractivity contribution in [3.8, 4) is 11.5 Å². The van der Waals surface area contributed by atoms with E-state index < -0.39 is 0 Å². The fraction of sp³-hybridized carbons (Fsp3) is 0.462. The zero-order valence-corrected chi connectivity index (χ0v) is 19.5. The molecule has 2 aromatic rings. The van der Waals surface area contributed by atoms with Gasteiger partial charge < -0.3 is 24.2 Å². The molecule has 6 rings (SSSR count). The highest BCUT2D eigenvalue weighted by atomic mass is 16.7. The number of hydrogen-bond donors (Lipinski definition) is 0. The average molecular weight is 463 g/mol. The maximum atomic E-state index is 13.3. The fourth-order valence-electron chi connectivity index (χ4n) is 5.58. The molecule has 0 N–H and O–H groups in total. The Morgan fingerprint density at radius 1 is 0.941 bits per heavy atom. The third-order valence-corrected chi connectivity index (χ3v) is 7.51. The molecule has 8 nitrogen and oxygen atoms in total. The van der Waals surface area contributed by atoms with E-state index >= 15 is 0 Å². The highest BCUT2D eigenvalue weighted by Crippen LogP contribution is 2.39. The van der Waals surface area contributed by atoms with Gasteiger partial charge in [0.1, 0.15) is 6.04 Å². The van der Waals surface area contributed by atoms with Crippen molar-refractivity contribution in [2.45, 2.75) is 31.8 Å². The third-order valence-electron chi connectivity index (χ3n) is 7.51. The second kappa shape index (κ2) is 8.51. The normalized spacial score (nSPS) is 22.0. The highest BCUT2D eigenvalue weighted by molar-refractivity contribution is 6.07. The molecule has 4 aliphatic heterocycles. The van der Waals surface area contributed by atoms with Crippen LogP contribution in [0.3, 0.4) is 0 Å². The van der Waals surface area contributed by atoms with Crippen LogP contribution in [0.1, 0.15) is 35.2 Å². The van der Waals surface area contributed by atoms with Gasteiger partial charge in [-0.25, -0.2) is 0 Å². The van der Waals surface area contributed by atoms with Crippen LogP contribution in [0.15, 0.2) is 36.4 Å². The topological polar surface area (TPSA) is 65.6 Å². The molecule has 0 saturated carbocycles. The number of likely N-dealkylation sites (N-methyl/N-ethyl adjacent to an activating group) is 1. The molecule has 34 heavy (non-hydrogen) atoms. The lowest BCUT2D eigenvalue weighted by molar-refractivity contribution is -0.120. The average Bonchev–Trinajstić information content (AvgIpc) is 3.35. The molecule has 0 aromatic heterocycles. The lowest BCUT2D eigenvalue weighted by Crippen LogP contribution is -2.54. The quantitative estimate of drug-likeness (QED) is 0.699. The van der Waals surface area contributed by atoms with Crippen molar-refractivity contribution in [3.05, 3.63) is 47.5 Å². The molecule has 0 bridgehead atoms. The van der Waals surface area contributed by atoms with E-state index in [1.165, 1.54) is 5.56 Å². The van der Waals surface area contributed by atoms with Gasteiger partial charge in [0, 0.05) is 51.9 Å². The highest BCUT2D eigenvalue weighted by Gasteiger charge is 2.38. The van der Waals surface area contributed by atoms with Crippen LogP contribution >= 0.6 is 0 Å². The number of benzene rings is 2. The maximum Gasteiger partial charge on any atom is 0.254 e. The van der Waals surface area contributed by atoms with Crippen molar-refractivity contribution < 1.29 is 19.1 Å². The fourth-order valence-corrected chi connectivity index (χ4v) is 5.58. The number of ether oxygens (including phenoxy) is 2. The number of hydrogen-bond acceptors (Lipinski definition) is 6. The summed E-state index contributed by atoms with van der Waals surface area (Å²) < 4.78 is 10.9. The first kappa shape index (κ1) is 21.3. The van der Waals surface area contributed by atoms with E-state index in [4.69, 9.17) is 9.47 Å². The molecule has 2 saturated heterocycles. The maximum absolute atomic E-state index is 13.3. The predicted octanol–water partition coefficient (Wildman–Crippen LogP) is 2.71. The number of piperidine rings is 1. The minimum absolute atomic E-state index is 0.0344. The van der Waals surface area contributed by atoms with E-state index in [2.05, 4.69) is 15.9 Å². The molecule has 2 fully saturated rings. The van der Waals surface area contributed by atoms with E-state index in [1.807, 2.05) is 42.3 Å². The molecular weight excluding hydrogens is 432 g/mol. The standard InChI is InChI=1S/C26H30N4O4/c1-27-22-15-19(6-7-20(22)30-9-3-2-4-21(30)26(27)32)25(31)29-12-10-28(11-13-29)16-18-5-8-23-24(14-18)34-17-33-23/h5-8,14-15,21H,2-4,9-13,16-17H2,1H3/t21-/m0/s1. The first-order chi connectivity index (χ1) is 16.6. The van der Waals surface area contributed by atoms with Crippen LogP contribution in [0.25, 0.3) is 0 Å². The molecule has 2 aromatic carbocycles.